The van der Waals surface area contributed by atoms with Crippen LogP contribution in [-0.2, 0) is 48.3 Å². The molecule has 4 aliphatic rings. The lowest BCUT2D eigenvalue weighted by Gasteiger charge is -2.48. The third-order valence-corrected chi connectivity index (χ3v) is 18.6. The number of sulfone groups is 2. The van der Waals surface area contributed by atoms with Gasteiger partial charge in [0.25, 0.3) is 11.8 Å². The van der Waals surface area contributed by atoms with Gasteiger partial charge in [-0.25, -0.2) is 16.8 Å². The Balaban J connectivity index is 0.000000206. The lowest BCUT2D eigenvalue weighted by Crippen LogP contribution is -2.56. The smallest absolute Gasteiger partial charge is 0.306 e. The monoisotopic (exact) mass is 1080 g/mol. The van der Waals surface area contributed by atoms with E-state index in [-0.39, 0.29) is 22.0 Å². The molecule has 20 heteroatoms. The van der Waals surface area contributed by atoms with Crippen LogP contribution in [0.2, 0.25) is 20.1 Å². The van der Waals surface area contributed by atoms with E-state index in [1.165, 1.54) is 9.80 Å². The summed E-state index contributed by atoms with van der Waals surface area (Å²) in [5.74, 6) is -3.82. The maximum absolute atomic E-state index is 13.7. The highest BCUT2D eigenvalue weighted by molar-refractivity contribution is 7.92. The Morgan fingerprint density at radius 1 is 0.557 bits per heavy atom. The van der Waals surface area contributed by atoms with Crippen LogP contribution in [0, 0.1) is 0 Å². The third kappa shape index (κ3) is 12.8. The summed E-state index contributed by atoms with van der Waals surface area (Å²) in [7, 11) is -6.81. The van der Waals surface area contributed by atoms with Crippen molar-refractivity contribution in [2.24, 2.45) is 0 Å². The van der Waals surface area contributed by atoms with Gasteiger partial charge in [0.15, 0.2) is 19.7 Å². The number of carbonyl (C=O) groups excluding carboxylic acids is 2. The number of aliphatic carboxylic acids is 2. The number of hydrogen-bond acceptors (Lipinski definition) is 10. The predicted molar refractivity (Wildman–Crippen MR) is 266 cm³/mol. The summed E-state index contributed by atoms with van der Waals surface area (Å²) in [6, 6.07) is 25.1. The normalized spacial score (nSPS) is 23.8. The van der Waals surface area contributed by atoms with E-state index in [0.717, 1.165) is 0 Å². The van der Waals surface area contributed by atoms with Crippen molar-refractivity contribution < 1.29 is 55.7 Å². The van der Waals surface area contributed by atoms with Crippen LogP contribution in [0.1, 0.15) is 112 Å². The summed E-state index contributed by atoms with van der Waals surface area (Å²) < 4.78 is 64.1. The second-order valence-corrected chi connectivity index (χ2v) is 24.5. The molecular weight excluding hydrogens is 1030 g/mol. The van der Waals surface area contributed by atoms with E-state index in [1.807, 2.05) is 13.8 Å². The molecule has 14 nitrogen and oxygen atoms in total. The molecule has 0 bridgehead atoms. The fourth-order valence-corrected chi connectivity index (χ4v) is 14.0. The van der Waals surface area contributed by atoms with Gasteiger partial charge in [-0.05, 0) is 109 Å². The first-order chi connectivity index (χ1) is 33.2. The van der Waals surface area contributed by atoms with Gasteiger partial charge in [0.05, 0.1) is 46.9 Å². The van der Waals surface area contributed by atoms with Gasteiger partial charge in [-0.3, -0.25) is 19.2 Å². The summed E-state index contributed by atoms with van der Waals surface area (Å²) in [6.07, 6.45) is -1.87. The van der Waals surface area contributed by atoms with Crippen molar-refractivity contribution in [3.63, 3.8) is 0 Å². The van der Waals surface area contributed by atoms with E-state index in [9.17, 15) is 46.2 Å². The molecule has 2 N–H and O–H groups in total. The fourth-order valence-electron chi connectivity index (χ4n) is 9.25. The first-order valence-corrected chi connectivity index (χ1v) is 28.0. The minimum absolute atomic E-state index is 0.188. The van der Waals surface area contributed by atoms with Crippen LogP contribution in [0.15, 0.2) is 97.1 Å². The number of carbonyl (C=O) groups is 4. The van der Waals surface area contributed by atoms with E-state index in [2.05, 4.69) is 0 Å². The highest BCUT2D eigenvalue weighted by Crippen LogP contribution is 2.47. The van der Waals surface area contributed by atoms with Crippen molar-refractivity contribution in [3.8, 4) is 0 Å². The Kier molecular flexibility index (Phi) is 17.3. The zero-order valence-corrected chi connectivity index (χ0v) is 42.9. The number of nitrogens with zero attached hydrogens (tertiary/aromatic N) is 2. The molecule has 2 saturated heterocycles. The molecule has 70 heavy (non-hydrogen) atoms. The largest absolute Gasteiger partial charge is 0.481 e. The summed E-state index contributed by atoms with van der Waals surface area (Å²) in [5, 5.41) is 20.1. The SMILES string of the molecule is CC[C@@H](CS(=O)(=O)C1CC1)N1C(=O)[C@@H](CC(=O)O)O[C@H](c2cccc(Cl)c2)[C@H]1c1ccc(Cl)cc1.CC[C@@H](CS(=O)(=O)C1CC1)N1C(=O)[C@H](CC(=O)O)O[C@H](c2cccc(Cl)c2)[C@H]1c1ccc(Cl)cc1. The number of ether oxygens (including phenoxy) is 2. The maximum Gasteiger partial charge on any atom is 0.306 e. The molecule has 2 saturated carbocycles. The molecule has 8 rings (SSSR count). The number of carboxylic acid groups (broad SMARTS) is 2. The van der Waals surface area contributed by atoms with Gasteiger partial charge >= 0.3 is 11.9 Å². The first kappa shape index (κ1) is 53.5. The molecule has 0 radical (unpaired) electrons. The molecular formula is C50H54Cl4N2O12S2. The molecule has 8 atom stereocenters. The number of hydrogen-bond donors (Lipinski definition) is 2. The Labute approximate surface area is 428 Å². The lowest BCUT2D eigenvalue weighted by molar-refractivity contribution is -0.182. The van der Waals surface area contributed by atoms with Crippen LogP contribution < -0.4 is 0 Å². The van der Waals surface area contributed by atoms with Crippen LogP contribution in [0.5, 0.6) is 0 Å². The molecule has 4 fully saturated rings. The van der Waals surface area contributed by atoms with Crippen molar-refractivity contribution >= 4 is 89.8 Å². The van der Waals surface area contributed by atoms with Crippen LogP contribution in [0.4, 0.5) is 0 Å². The van der Waals surface area contributed by atoms with Gasteiger partial charge in [0, 0.05) is 32.2 Å². The molecule has 376 valence electrons. The molecule has 2 aliphatic heterocycles. The Hall–Kier alpha value is -4.26. The number of carboxylic acids is 2. The molecule has 4 aromatic rings. The molecule has 2 heterocycles. The molecule has 4 aromatic carbocycles. The molecule has 0 aromatic heterocycles. The molecule has 0 unspecified atom stereocenters. The number of rotatable bonds is 18. The minimum atomic E-state index is -3.41. The third-order valence-electron chi connectivity index (χ3n) is 13.0. The summed E-state index contributed by atoms with van der Waals surface area (Å²) in [5.41, 5.74) is 2.71. The number of benzene rings is 4. The Bertz CT molecular complexity index is 2590. The average molecular weight is 1080 g/mol. The highest BCUT2D eigenvalue weighted by atomic mass is 35.5. The highest BCUT2D eigenvalue weighted by Gasteiger charge is 2.51. The second-order valence-electron chi connectivity index (χ2n) is 18.1. The van der Waals surface area contributed by atoms with Crippen LogP contribution in [0.3, 0.4) is 0 Å². The van der Waals surface area contributed by atoms with E-state index in [1.54, 1.807) is 97.1 Å². The van der Waals surface area contributed by atoms with Crippen molar-refractivity contribution in [3.05, 3.63) is 139 Å². The minimum Gasteiger partial charge on any atom is -0.481 e. The second kappa shape index (κ2) is 22.7. The average Bonchev–Trinajstić information content (AvgIpc) is 4.23. The maximum atomic E-state index is 13.7. The van der Waals surface area contributed by atoms with Gasteiger partial charge in [0.1, 0.15) is 24.4 Å². The summed E-state index contributed by atoms with van der Waals surface area (Å²) in [4.78, 5) is 53.7. The fraction of sp³-hybridized carbons (Fsp3) is 0.440. The molecule has 2 aliphatic carbocycles. The van der Waals surface area contributed by atoms with Gasteiger partial charge in [-0.2, -0.15) is 0 Å². The topological polar surface area (TPSA) is 202 Å². The van der Waals surface area contributed by atoms with Crippen LogP contribution in [-0.4, -0.2) is 107 Å². The summed E-state index contributed by atoms with van der Waals surface area (Å²) >= 11 is 24.7. The Morgan fingerprint density at radius 3 is 1.19 bits per heavy atom. The van der Waals surface area contributed by atoms with Crippen molar-refractivity contribution in [2.45, 2.75) is 124 Å². The first-order valence-electron chi connectivity index (χ1n) is 23.0. The lowest BCUT2D eigenvalue weighted by atomic mass is 9.89. The van der Waals surface area contributed by atoms with Gasteiger partial charge in [0.2, 0.25) is 0 Å². The quantitative estimate of drug-likeness (QED) is 0.0957. The van der Waals surface area contributed by atoms with E-state index >= 15 is 0 Å². The van der Waals surface area contributed by atoms with Crippen molar-refractivity contribution in [1.82, 2.24) is 9.80 Å². The zero-order valence-electron chi connectivity index (χ0n) is 38.3. The standard InChI is InChI=1S/2C25H27Cl2NO6S/c2*1-2-19(14-35(32,33)20-10-11-20)28-23(15-6-8-17(26)9-7-15)24(16-4-3-5-18(27)12-16)34-21(25(28)31)13-22(29)30/h2*3-9,12,19-21,23-24H,2,10-11,13-14H2,1H3,(H,29,30)/t19-,21+,23+,24+;19-,21-,23+,24+/m00/s1. The van der Waals surface area contributed by atoms with Gasteiger partial charge < -0.3 is 29.5 Å². The van der Waals surface area contributed by atoms with Gasteiger partial charge in [-0.15, -0.1) is 0 Å². The van der Waals surface area contributed by atoms with Crippen molar-refractivity contribution in [1.29, 1.82) is 0 Å². The number of amides is 2. The van der Waals surface area contributed by atoms with Crippen LogP contribution in [0.25, 0.3) is 0 Å². The molecule has 2 amide bonds. The van der Waals surface area contributed by atoms with E-state index in [4.69, 9.17) is 55.9 Å². The molecule has 0 spiro atoms. The number of morpholine rings is 2. The summed E-state index contributed by atoms with van der Waals surface area (Å²) in [6.45, 7) is 3.66. The predicted octanol–water partition coefficient (Wildman–Crippen LogP) is 9.67. The number of halogens is 4. The van der Waals surface area contributed by atoms with Crippen LogP contribution >= 0.6 is 46.4 Å². The van der Waals surface area contributed by atoms with E-state index in [0.29, 0.717) is 80.9 Å². The van der Waals surface area contributed by atoms with E-state index < -0.39 is 105 Å². The Morgan fingerprint density at radius 2 is 0.900 bits per heavy atom. The van der Waals surface area contributed by atoms with Gasteiger partial charge in [-0.1, -0.05) is 109 Å². The van der Waals surface area contributed by atoms with Crippen molar-refractivity contribution in [2.75, 3.05) is 11.5 Å². The zero-order chi connectivity index (χ0) is 50.7.